The Morgan fingerprint density at radius 3 is 2.89 bits per heavy atom. The van der Waals surface area contributed by atoms with Crippen molar-refractivity contribution < 1.29 is 4.79 Å². The molecule has 0 aromatic carbocycles. The fourth-order valence-corrected chi connectivity index (χ4v) is 4.08. The number of aromatic nitrogens is 2. The van der Waals surface area contributed by atoms with Crippen LogP contribution in [0.1, 0.15) is 29.3 Å². The van der Waals surface area contributed by atoms with E-state index in [9.17, 15) is 4.79 Å². The number of amides is 1. The van der Waals surface area contributed by atoms with Crippen LogP contribution in [0.3, 0.4) is 0 Å². The molecule has 5 nitrogen and oxygen atoms in total. The molecular weight excluding hydrogens is 260 g/mol. The van der Waals surface area contributed by atoms with Gasteiger partial charge in [0.25, 0.3) is 0 Å². The average molecular weight is 280 g/mol. The Hall–Kier alpha value is -1.01. The van der Waals surface area contributed by atoms with Gasteiger partial charge in [-0.1, -0.05) is 0 Å². The minimum Gasteiger partial charge on any atom is -0.345 e. The molecule has 0 N–H and O–H groups in total. The van der Waals surface area contributed by atoms with E-state index >= 15 is 0 Å². The van der Waals surface area contributed by atoms with Crippen molar-refractivity contribution in [1.29, 1.82) is 0 Å². The third kappa shape index (κ3) is 2.39. The van der Waals surface area contributed by atoms with Gasteiger partial charge in [-0.3, -0.25) is 9.69 Å². The Balaban J connectivity index is 1.67. The minimum absolute atomic E-state index is 0.118. The van der Waals surface area contributed by atoms with Gasteiger partial charge < -0.3 is 4.90 Å². The molecule has 1 unspecified atom stereocenters. The Morgan fingerprint density at radius 1 is 1.32 bits per heavy atom. The highest BCUT2D eigenvalue weighted by molar-refractivity contribution is 7.11. The van der Waals surface area contributed by atoms with Gasteiger partial charge in [-0.25, -0.2) is 0 Å². The van der Waals surface area contributed by atoms with Crippen LogP contribution in [0.5, 0.6) is 0 Å². The lowest BCUT2D eigenvalue weighted by atomic mass is 9.78. The van der Waals surface area contributed by atoms with Crippen molar-refractivity contribution in [1.82, 2.24) is 20.0 Å². The number of hydrogen-bond acceptors (Lipinski definition) is 5. The van der Waals surface area contributed by atoms with Crippen molar-refractivity contribution in [2.75, 3.05) is 26.7 Å². The van der Waals surface area contributed by atoms with Crippen molar-refractivity contribution in [3.8, 4) is 0 Å². The molecular formula is C13H20N4OS. The normalized spacial score (nSPS) is 28.5. The smallest absolute Gasteiger partial charge is 0.229 e. The third-order valence-electron chi connectivity index (χ3n) is 4.31. The zero-order valence-corrected chi connectivity index (χ0v) is 12.4. The number of likely N-dealkylation sites (tertiary alicyclic amines) is 2. The summed E-state index contributed by atoms with van der Waals surface area (Å²) in [4.78, 5) is 16.7. The topological polar surface area (TPSA) is 49.3 Å². The van der Waals surface area contributed by atoms with E-state index in [4.69, 9.17) is 0 Å². The maximum Gasteiger partial charge on any atom is 0.229 e. The number of hydrogen-bond donors (Lipinski definition) is 0. The highest BCUT2D eigenvalue weighted by Gasteiger charge is 2.47. The van der Waals surface area contributed by atoms with Gasteiger partial charge in [-0.2, -0.15) is 0 Å². The first-order valence-corrected chi connectivity index (χ1v) is 7.68. The predicted octanol–water partition coefficient (Wildman–Crippen LogP) is 1.29. The van der Waals surface area contributed by atoms with Crippen molar-refractivity contribution >= 4 is 17.2 Å². The highest BCUT2D eigenvalue weighted by atomic mass is 32.1. The molecule has 0 aliphatic carbocycles. The second-order valence-electron chi connectivity index (χ2n) is 5.79. The van der Waals surface area contributed by atoms with E-state index in [0.717, 1.165) is 55.5 Å². The summed E-state index contributed by atoms with van der Waals surface area (Å²) >= 11 is 1.65. The van der Waals surface area contributed by atoms with E-state index < -0.39 is 0 Å². The maximum absolute atomic E-state index is 12.4. The summed E-state index contributed by atoms with van der Waals surface area (Å²) < 4.78 is 0. The molecule has 1 spiro atoms. The minimum atomic E-state index is -0.118. The standard InChI is InChI=1S/C13H20N4OS/c1-10-14-15-11(19-10)8-17-7-5-13(9-17)4-3-6-16(2)12(13)18/h3-9H2,1-2H3. The molecule has 19 heavy (non-hydrogen) atoms. The molecule has 1 amide bonds. The van der Waals surface area contributed by atoms with Gasteiger partial charge in [0, 0.05) is 20.1 Å². The molecule has 2 aliphatic heterocycles. The first-order valence-electron chi connectivity index (χ1n) is 6.86. The van der Waals surface area contributed by atoms with Crippen LogP contribution < -0.4 is 0 Å². The molecule has 3 rings (SSSR count). The van der Waals surface area contributed by atoms with Crippen molar-refractivity contribution in [2.45, 2.75) is 32.7 Å². The Labute approximate surface area is 117 Å². The summed E-state index contributed by atoms with van der Waals surface area (Å²) in [6.07, 6.45) is 3.17. The van der Waals surface area contributed by atoms with E-state index in [1.165, 1.54) is 0 Å². The number of aryl methyl sites for hydroxylation is 1. The third-order valence-corrected chi connectivity index (χ3v) is 5.13. The summed E-state index contributed by atoms with van der Waals surface area (Å²) in [7, 11) is 1.93. The first kappa shape index (κ1) is 13.0. The van der Waals surface area contributed by atoms with Gasteiger partial charge in [-0.15, -0.1) is 21.5 Å². The zero-order chi connectivity index (χ0) is 13.5. The van der Waals surface area contributed by atoms with Gasteiger partial charge in [-0.05, 0) is 32.7 Å². The summed E-state index contributed by atoms with van der Waals surface area (Å²) in [6, 6.07) is 0. The SMILES string of the molecule is Cc1nnc(CN2CCC3(CCCN(C)C3=O)C2)s1. The lowest BCUT2D eigenvalue weighted by molar-refractivity contribution is -0.143. The van der Waals surface area contributed by atoms with Gasteiger partial charge in [0.1, 0.15) is 10.0 Å². The van der Waals surface area contributed by atoms with Gasteiger partial charge >= 0.3 is 0 Å². The fraction of sp³-hybridized carbons (Fsp3) is 0.769. The van der Waals surface area contributed by atoms with Crippen LogP contribution in [-0.4, -0.2) is 52.6 Å². The number of carbonyl (C=O) groups excluding carboxylic acids is 1. The average Bonchev–Trinajstić information content (AvgIpc) is 2.95. The quantitative estimate of drug-likeness (QED) is 0.819. The summed E-state index contributed by atoms with van der Waals surface area (Å²) in [5.41, 5.74) is -0.118. The fourth-order valence-electron chi connectivity index (χ4n) is 3.33. The van der Waals surface area contributed by atoms with Crippen LogP contribution in [0.2, 0.25) is 0 Å². The monoisotopic (exact) mass is 280 g/mol. The van der Waals surface area contributed by atoms with Crippen LogP contribution in [-0.2, 0) is 11.3 Å². The second kappa shape index (κ2) is 4.83. The Kier molecular flexibility index (Phi) is 3.30. The summed E-state index contributed by atoms with van der Waals surface area (Å²) in [6.45, 7) is 5.61. The van der Waals surface area contributed by atoms with E-state index in [2.05, 4.69) is 15.1 Å². The van der Waals surface area contributed by atoms with Crippen LogP contribution >= 0.6 is 11.3 Å². The number of carbonyl (C=O) groups is 1. The lowest BCUT2D eigenvalue weighted by Crippen LogP contribution is -2.48. The van der Waals surface area contributed by atoms with Gasteiger partial charge in [0.05, 0.1) is 12.0 Å². The number of nitrogens with zero attached hydrogens (tertiary/aromatic N) is 4. The van der Waals surface area contributed by atoms with Gasteiger partial charge in [0.15, 0.2) is 0 Å². The molecule has 104 valence electrons. The van der Waals surface area contributed by atoms with Crippen molar-refractivity contribution in [3.63, 3.8) is 0 Å². The number of piperidine rings is 1. The molecule has 3 heterocycles. The van der Waals surface area contributed by atoms with E-state index in [1.807, 2.05) is 18.9 Å². The van der Waals surface area contributed by atoms with Crippen LogP contribution in [0.25, 0.3) is 0 Å². The van der Waals surface area contributed by atoms with Gasteiger partial charge in [0.2, 0.25) is 5.91 Å². The lowest BCUT2D eigenvalue weighted by Gasteiger charge is -2.37. The molecule has 0 radical (unpaired) electrons. The molecule has 2 aliphatic rings. The van der Waals surface area contributed by atoms with E-state index in [0.29, 0.717) is 5.91 Å². The molecule has 1 atom stereocenters. The summed E-state index contributed by atoms with van der Waals surface area (Å²) in [5, 5.41) is 10.3. The molecule has 1 aromatic rings. The Bertz CT molecular complexity index is 489. The Morgan fingerprint density at radius 2 is 2.16 bits per heavy atom. The summed E-state index contributed by atoms with van der Waals surface area (Å²) in [5.74, 6) is 0.342. The van der Waals surface area contributed by atoms with Crippen molar-refractivity contribution in [2.24, 2.45) is 5.41 Å². The molecule has 0 saturated carbocycles. The van der Waals surface area contributed by atoms with Crippen LogP contribution in [0.15, 0.2) is 0 Å². The predicted molar refractivity (Wildman–Crippen MR) is 73.8 cm³/mol. The van der Waals surface area contributed by atoms with Crippen LogP contribution in [0.4, 0.5) is 0 Å². The molecule has 2 saturated heterocycles. The zero-order valence-electron chi connectivity index (χ0n) is 11.6. The number of rotatable bonds is 2. The van der Waals surface area contributed by atoms with Crippen molar-refractivity contribution in [3.05, 3.63) is 10.0 Å². The van der Waals surface area contributed by atoms with Crippen LogP contribution in [0, 0.1) is 12.3 Å². The van der Waals surface area contributed by atoms with E-state index in [-0.39, 0.29) is 5.41 Å². The highest BCUT2D eigenvalue weighted by Crippen LogP contribution is 2.40. The molecule has 0 bridgehead atoms. The largest absolute Gasteiger partial charge is 0.345 e. The first-order chi connectivity index (χ1) is 9.09. The maximum atomic E-state index is 12.4. The second-order valence-corrected chi connectivity index (χ2v) is 7.05. The molecule has 2 fully saturated rings. The molecule has 1 aromatic heterocycles. The molecule has 6 heteroatoms. The van der Waals surface area contributed by atoms with E-state index in [1.54, 1.807) is 11.3 Å².